The molecule has 3 N–H and O–H groups in total. The Morgan fingerprint density at radius 1 is 1.20 bits per heavy atom. The third-order valence-corrected chi connectivity index (χ3v) is 6.59. The molecule has 1 unspecified atom stereocenters. The van der Waals surface area contributed by atoms with Crippen molar-refractivity contribution < 1.29 is 19.4 Å². The van der Waals surface area contributed by atoms with Gasteiger partial charge in [0.2, 0.25) is 0 Å². The average molecular weight is 411 g/mol. The maximum absolute atomic E-state index is 13.4. The summed E-state index contributed by atoms with van der Waals surface area (Å²) in [6.07, 6.45) is 2.03. The van der Waals surface area contributed by atoms with Gasteiger partial charge < -0.3 is 25.2 Å². The largest absolute Gasteiger partial charge is 0.507 e. The maximum Gasteiger partial charge on any atom is 0.266 e. The maximum atomic E-state index is 13.4. The number of nitrogens with zero attached hydrogens (tertiary/aromatic N) is 1. The van der Waals surface area contributed by atoms with Gasteiger partial charge in [-0.2, -0.15) is 0 Å². The van der Waals surface area contributed by atoms with E-state index in [0.29, 0.717) is 37.4 Å². The average Bonchev–Trinajstić information content (AvgIpc) is 3.20. The molecule has 1 fully saturated rings. The zero-order valence-electron chi connectivity index (χ0n) is 18.1. The number of nitrogens with two attached hydrogens (primary N) is 1. The number of amides is 1. The number of anilines is 1. The zero-order valence-corrected chi connectivity index (χ0v) is 18.1. The van der Waals surface area contributed by atoms with E-state index >= 15 is 0 Å². The molecule has 4 rings (SSSR count). The van der Waals surface area contributed by atoms with E-state index < -0.39 is 5.60 Å². The van der Waals surface area contributed by atoms with E-state index in [1.165, 1.54) is 0 Å². The van der Waals surface area contributed by atoms with Gasteiger partial charge in [-0.15, -0.1) is 0 Å². The summed E-state index contributed by atoms with van der Waals surface area (Å²) >= 11 is 0. The molecule has 2 heterocycles. The molecule has 6 heteroatoms. The molecule has 1 amide bonds. The van der Waals surface area contributed by atoms with Crippen LogP contribution in [0.4, 0.5) is 5.69 Å². The number of phenols is 1. The first kappa shape index (κ1) is 20.4. The van der Waals surface area contributed by atoms with Crippen LogP contribution in [0, 0.1) is 20.8 Å². The lowest BCUT2D eigenvalue weighted by atomic mass is 9.86. The van der Waals surface area contributed by atoms with Gasteiger partial charge in [-0.3, -0.25) is 4.79 Å². The molecule has 0 spiro atoms. The zero-order chi connectivity index (χ0) is 21.6. The Labute approximate surface area is 177 Å². The lowest BCUT2D eigenvalue weighted by Crippen LogP contribution is -2.52. The highest BCUT2D eigenvalue weighted by molar-refractivity contribution is 5.86. The topological polar surface area (TPSA) is 85.0 Å². The molecule has 0 aliphatic carbocycles. The lowest BCUT2D eigenvalue weighted by molar-refractivity contribution is -0.147. The Morgan fingerprint density at radius 2 is 1.90 bits per heavy atom. The van der Waals surface area contributed by atoms with Crippen LogP contribution in [-0.2, 0) is 11.2 Å². The highest BCUT2D eigenvalue weighted by Gasteiger charge is 2.45. The van der Waals surface area contributed by atoms with E-state index in [2.05, 4.69) is 0 Å². The van der Waals surface area contributed by atoms with Gasteiger partial charge in [-0.1, -0.05) is 0 Å². The molecular weight excluding hydrogens is 380 g/mol. The van der Waals surface area contributed by atoms with E-state index in [1.54, 1.807) is 0 Å². The number of phenolic OH excluding ortho intramolecular Hbond substituents is 1. The second kappa shape index (κ2) is 7.42. The van der Waals surface area contributed by atoms with Gasteiger partial charge in [0.15, 0.2) is 5.60 Å². The highest BCUT2D eigenvalue weighted by Crippen LogP contribution is 2.43. The number of carbonyl (C=O) groups is 1. The predicted octanol–water partition coefficient (Wildman–Crippen LogP) is 3.66. The number of ether oxygens (including phenoxy) is 2. The van der Waals surface area contributed by atoms with Gasteiger partial charge in [0.05, 0.1) is 6.54 Å². The normalized spacial score (nSPS) is 23.1. The van der Waals surface area contributed by atoms with Crippen molar-refractivity contribution >= 4 is 11.6 Å². The van der Waals surface area contributed by atoms with Crippen molar-refractivity contribution in [3.63, 3.8) is 0 Å². The quantitative estimate of drug-likeness (QED) is 0.755. The van der Waals surface area contributed by atoms with Crippen LogP contribution in [0.5, 0.6) is 17.2 Å². The van der Waals surface area contributed by atoms with Gasteiger partial charge >= 0.3 is 0 Å². The standard InChI is InChI=1S/C24H30N2O4/c1-14-15(2)22-20(16(3)21(14)27)9-11-24(4,30-22)23(28)26-12-10-19(13-26)29-18-7-5-17(25)6-8-18/h5-8,19,27H,9-13,25H2,1-4H3/t19-,24?/m0/s1. The van der Waals surface area contributed by atoms with Crippen LogP contribution in [0.2, 0.25) is 0 Å². The lowest BCUT2D eigenvalue weighted by Gasteiger charge is -2.38. The van der Waals surface area contributed by atoms with Gasteiger partial charge in [0.25, 0.3) is 5.91 Å². The molecule has 0 saturated carbocycles. The molecule has 160 valence electrons. The van der Waals surface area contributed by atoms with Crippen LogP contribution < -0.4 is 15.2 Å². The fraction of sp³-hybridized carbons (Fsp3) is 0.458. The highest BCUT2D eigenvalue weighted by atomic mass is 16.5. The SMILES string of the molecule is Cc1c(C)c2c(c(C)c1O)CCC(C)(C(=O)N1CC[C@H](Oc3ccc(N)cc3)C1)O2. The van der Waals surface area contributed by atoms with Crippen molar-refractivity contribution in [3.8, 4) is 17.2 Å². The second-order valence-electron chi connectivity index (χ2n) is 8.71. The minimum Gasteiger partial charge on any atom is -0.507 e. The molecular formula is C24H30N2O4. The molecule has 30 heavy (non-hydrogen) atoms. The molecule has 0 aromatic heterocycles. The second-order valence-corrected chi connectivity index (χ2v) is 8.71. The van der Waals surface area contributed by atoms with Crippen molar-refractivity contribution in [2.75, 3.05) is 18.8 Å². The van der Waals surface area contributed by atoms with Crippen molar-refractivity contribution in [3.05, 3.63) is 46.5 Å². The number of nitrogen functional groups attached to an aromatic ring is 1. The van der Waals surface area contributed by atoms with E-state index in [-0.39, 0.29) is 12.0 Å². The Kier molecular flexibility index (Phi) is 5.04. The molecule has 2 aromatic rings. The van der Waals surface area contributed by atoms with Crippen molar-refractivity contribution in [1.29, 1.82) is 0 Å². The van der Waals surface area contributed by atoms with Gasteiger partial charge in [0, 0.05) is 30.6 Å². The van der Waals surface area contributed by atoms with E-state index in [0.717, 1.165) is 40.2 Å². The van der Waals surface area contributed by atoms with E-state index in [1.807, 2.05) is 56.9 Å². The molecule has 0 radical (unpaired) electrons. The van der Waals surface area contributed by atoms with Crippen LogP contribution in [-0.4, -0.2) is 40.7 Å². The first-order valence-corrected chi connectivity index (χ1v) is 10.5. The number of hydrogen-bond donors (Lipinski definition) is 2. The third kappa shape index (κ3) is 3.44. The third-order valence-electron chi connectivity index (χ3n) is 6.59. The minimum absolute atomic E-state index is 0.000614. The predicted molar refractivity (Wildman–Crippen MR) is 116 cm³/mol. The Bertz CT molecular complexity index is 986. The molecule has 2 atom stereocenters. The molecule has 0 bridgehead atoms. The Balaban J connectivity index is 1.48. The minimum atomic E-state index is -0.913. The van der Waals surface area contributed by atoms with Crippen molar-refractivity contribution in [1.82, 2.24) is 4.90 Å². The van der Waals surface area contributed by atoms with Crippen molar-refractivity contribution in [2.45, 2.75) is 58.7 Å². The van der Waals surface area contributed by atoms with E-state index in [9.17, 15) is 9.90 Å². The van der Waals surface area contributed by atoms with E-state index in [4.69, 9.17) is 15.2 Å². The summed E-state index contributed by atoms with van der Waals surface area (Å²) in [4.78, 5) is 15.3. The fourth-order valence-corrected chi connectivity index (χ4v) is 4.48. The van der Waals surface area contributed by atoms with Crippen LogP contribution in [0.15, 0.2) is 24.3 Å². The van der Waals surface area contributed by atoms with Crippen molar-refractivity contribution in [2.24, 2.45) is 0 Å². The number of likely N-dealkylation sites (tertiary alicyclic amines) is 1. The van der Waals surface area contributed by atoms with Crippen LogP contribution in [0.1, 0.15) is 42.0 Å². The molecule has 2 aliphatic heterocycles. The number of benzene rings is 2. The smallest absolute Gasteiger partial charge is 0.266 e. The van der Waals surface area contributed by atoms with Gasteiger partial charge in [-0.05, 0) is 75.1 Å². The summed E-state index contributed by atoms with van der Waals surface area (Å²) in [6.45, 7) is 8.81. The summed E-state index contributed by atoms with van der Waals surface area (Å²) in [5.74, 6) is 1.84. The van der Waals surface area contributed by atoms with Crippen LogP contribution in [0.25, 0.3) is 0 Å². The first-order chi connectivity index (χ1) is 14.2. The first-order valence-electron chi connectivity index (χ1n) is 10.5. The molecule has 2 aromatic carbocycles. The number of hydrogen-bond acceptors (Lipinski definition) is 5. The summed E-state index contributed by atoms with van der Waals surface area (Å²) in [7, 11) is 0. The molecule has 2 aliphatic rings. The summed E-state index contributed by atoms with van der Waals surface area (Å²) in [5.41, 5.74) is 9.07. The Hall–Kier alpha value is -2.89. The Morgan fingerprint density at radius 3 is 2.60 bits per heavy atom. The number of aromatic hydroxyl groups is 1. The summed E-state index contributed by atoms with van der Waals surface area (Å²) in [5, 5.41) is 10.4. The monoisotopic (exact) mass is 410 g/mol. The van der Waals surface area contributed by atoms with Crippen LogP contribution in [0.3, 0.4) is 0 Å². The summed E-state index contributed by atoms with van der Waals surface area (Å²) < 4.78 is 12.4. The molecule has 1 saturated heterocycles. The van der Waals surface area contributed by atoms with Gasteiger partial charge in [0.1, 0.15) is 23.4 Å². The molecule has 6 nitrogen and oxygen atoms in total. The summed E-state index contributed by atoms with van der Waals surface area (Å²) in [6, 6.07) is 7.33. The van der Waals surface area contributed by atoms with Crippen LogP contribution >= 0.6 is 0 Å². The fourth-order valence-electron chi connectivity index (χ4n) is 4.48. The number of carbonyl (C=O) groups excluding carboxylic acids is 1. The van der Waals surface area contributed by atoms with Gasteiger partial charge in [-0.25, -0.2) is 0 Å². The number of fused-ring (bicyclic) bond motifs is 1. The number of rotatable bonds is 3.